The Morgan fingerprint density at radius 1 is 1.16 bits per heavy atom. The molecule has 130 valence electrons. The summed E-state index contributed by atoms with van der Waals surface area (Å²) in [4.78, 5) is 17.3. The normalized spacial score (nSPS) is 21.1. The molecule has 1 atom stereocenters. The first-order valence-electron chi connectivity index (χ1n) is 9.27. The van der Waals surface area contributed by atoms with Crippen LogP contribution in [0, 0.1) is 0 Å². The van der Waals surface area contributed by atoms with Crippen LogP contribution in [0.5, 0.6) is 0 Å². The highest BCUT2D eigenvalue weighted by atomic mass is 16.2. The van der Waals surface area contributed by atoms with E-state index in [-0.39, 0.29) is 11.9 Å². The summed E-state index contributed by atoms with van der Waals surface area (Å²) >= 11 is 0. The maximum atomic E-state index is 13.1. The average Bonchev–Trinajstić information content (AvgIpc) is 3.26. The summed E-state index contributed by atoms with van der Waals surface area (Å²) in [6.07, 6.45) is 3.43. The lowest BCUT2D eigenvalue weighted by Gasteiger charge is -2.34. The van der Waals surface area contributed by atoms with Crippen LogP contribution >= 0.6 is 0 Å². The molecule has 0 N–H and O–H groups in total. The summed E-state index contributed by atoms with van der Waals surface area (Å²) in [5.41, 5.74) is 2.35. The molecule has 1 aromatic carbocycles. The molecule has 1 aliphatic carbocycles. The third-order valence-corrected chi connectivity index (χ3v) is 5.81. The number of benzene rings is 1. The minimum Gasteiger partial charge on any atom is -0.312 e. The van der Waals surface area contributed by atoms with Gasteiger partial charge in [-0.25, -0.2) is 0 Å². The van der Waals surface area contributed by atoms with Gasteiger partial charge in [0, 0.05) is 31.2 Å². The Kier molecular flexibility index (Phi) is 3.41. The van der Waals surface area contributed by atoms with Crippen LogP contribution in [0.25, 0.3) is 0 Å². The van der Waals surface area contributed by atoms with E-state index in [4.69, 9.17) is 0 Å². The van der Waals surface area contributed by atoms with Crippen molar-refractivity contribution < 1.29 is 4.79 Å². The molecule has 1 fully saturated rings. The number of hydrogen-bond acceptors (Lipinski definition) is 4. The predicted molar refractivity (Wildman–Crippen MR) is 94.4 cm³/mol. The van der Waals surface area contributed by atoms with Crippen LogP contribution in [0.4, 0.5) is 5.69 Å². The summed E-state index contributed by atoms with van der Waals surface area (Å²) in [7, 11) is 0. The molecule has 0 saturated heterocycles. The van der Waals surface area contributed by atoms with Crippen LogP contribution in [-0.2, 0) is 24.3 Å². The van der Waals surface area contributed by atoms with Crippen molar-refractivity contribution in [1.82, 2.24) is 19.7 Å². The maximum absolute atomic E-state index is 13.1. The third kappa shape index (κ3) is 2.47. The summed E-state index contributed by atoms with van der Waals surface area (Å²) in [6, 6.07) is 8.10. The molecule has 0 unspecified atom stereocenters. The lowest BCUT2D eigenvalue weighted by molar-refractivity contribution is -0.123. The van der Waals surface area contributed by atoms with Crippen molar-refractivity contribution in [3.05, 3.63) is 41.5 Å². The molecular weight excluding hydrogens is 314 g/mol. The van der Waals surface area contributed by atoms with Gasteiger partial charge in [0.1, 0.15) is 11.6 Å². The number of aromatic nitrogens is 3. The van der Waals surface area contributed by atoms with Crippen LogP contribution in [0.2, 0.25) is 0 Å². The Morgan fingerprint density at radius 2 is 2.00 bits per heavy atom. The molecular formula is C19H23N5O. The number of nitrogens with zero attached hydrogens (tertiary/aromatic N) is 5. The average molecular weight is 337 g/mol. The second-order valence-corrected chi connectivity index (χ2v) is 7.42. The molecule has 0 radical (unpaired) electrons. The number of carbonyl (C=O) groups is 1. The van der Waals surface area contributed by atoms with E-state index >= 15 is 0 Å². The van der Waals surface area contributed by atoms with Crippen molar-refractivity contribution in [3.63, 3.8) is 0 Å². The molecule has 2 aliphatic heterocycles. The van der Waals surface area contributed by atoms with E-state index in [9.17, 15) is 4.79 Å². The quantitative estimate of drug-likeness (QED) is 0.859. The zero-order chi connectivity index (χ0) is 17.0. The Balaban J connectivity index is 1.33. The van der Waals surface area contributed by atoms with E-state index in [1.165, 1.54) is 18.4 Å². The maximum Gasteiger partial charge on any atom is 0.244 e. The van der Waals surface area contributed by atoms with Gasteiger partial charge in [-0.05, 0) is 37.8 Å². The zero-order valence-corrected chi connectivity index (χ0v) is 14.6. The van der Waals surface area contributed by atoms with Crippen LogP contribution in [0.1, 0.15) is 42.9 Å². The Bertz CT molecular complexity index is 825. The predicted octanol–water partition coefficient (Wildman–Crippen LogP) is 1.95. The molecule has 25 heavy (non-hydrogen) atoms. The SMILES string of the molecule is C[C@H](C(=O)N1CCc2ccccc21)N1CCn2c(nnc2C2CC2)C1. The monoisotopic (exact) mass is 337 g/mol. The largest absolute Gasteiger partial charge is 0.312 e. The fraction of sp³-hybridized carbons (Fsp3) is 0.526. The molecule has 2 aromatic rings. The Morgan fingerprint density at radius 3 is 2.84 bits per heavy atom. The van der Waals surface area contributed by atoms with E-state index in [0.29, 0.717) is 12.5 Å². The van der Waals surface area contributed by atoms with Gasteiger partial charge in [-0.15, -0.1) is 10.2 Å². The first-order chi connectivity index (χ1) is 12.2. The van der Waals surface area contributed by atoms with E-state index in [1.54, 1.807) is 0 Å². The van der Waals surface area contributed by atoms with Crippen molar-refractivity contribution in [2.24, 2.45) is 0 Å². The van der Waals surface area contributed by atoms with E-state index in [0.717, 1.165) is 43.4 Å². The summed E-state index contributed by atoms with van der Waals surface area (Å²) in [5, 5.41) is 8.79. The Hall–Kier alpha value is -2.21. The van der Waals surface area contributed by atoms with E-state index in [1.807, 2.05) is 24.0 Å². The molecule has 1 amide bonds. The van der Waals surface area contributed by atoms with Gasteiger partial charge in [-0.1, -0.05) is 18.2 Å². The van der Waals surface area contributed by atoms with Gasteiger partial charge in [0.15, 0.2) is 0 Å². The van der Waals surface area contributed by atoms with Gasteiger partial charge in [0.05, 0.1) is 12.6 Å². The minimum absolute atomic E-state index is 0.138. The highest BCUT2D eigenvalue weighted by Crippen LogP contribution is 2.39. The second-order valence-electron chi connectivity index (χ2n) is 7.42. The fourth-order valence-electron chi connectivity index (χ4n) is 4.12. The molecule has 1 saturated carbocycles. The lowest BCUT2D eigenvalue weighted by Crippen LogP contribution is -2.49. The van der Waals surface area contributed by atoms with Crippen molar-refractivity contribution in [2.75, 3.05) is 18.0 Å². The molecule has 0 spiro atoms. The molecule has 3 aliphatic rings. The minimum atomic E-state index is -0.138. The third-order valence-electron chi connectivity index (χ3n) is 5.81. The first-order valence-corrected chi connectivity index (χ1v) is 9.27. The molecule has 6 nitrogen and oxygen atoms in total. The van der Waals surface area contributed by atoms with Crippen molar-refractivity contribution in [2.45, 2.75) is 51.2 Å². The van der Waals surface area contributed by atoms with Gasteiger partial charge in [0.2, 0.25) is 5.91 Å². The number of fused-ring (bicyclic) bond motifs is 2. The standard InChI is InChI=1S/C19H23N5O/c1-13(19(25)23-9-8-14-4-2-3-5-16(14)23)22-10-11-24-17(12-22)20-21-18(24)15-6-7-15/h2-5,13,15H,6-12H2,1H3/t13-/m1/s1. The van der Waals surface area contributed by atoms with Crippen molar-refractivity contribution >= 4 is 11.6 Å². The van der Waals surface area contributed by atoms with E-state index < -0.39 is 0 Å². The summed E-state index contributed by atoms with van der Waals surface area (Å²) < 4.78 is 2.27. The fourth-order valence-corrected chi connectivity index (χ4v) is 4.12. The molecule has 6 heteroatoms. The number of amides is 1. The molecule has 0 bridgehead atoms. The Labute approximate surface area is 147 Å². The number of hydrogen-bond donors (Lipinski definition) is 0. The number of carbonyl (C=O) groups excluding carboxylic acids is 1. The second kappa shape index (κ2) is 5.66. The van der Waals surface area contributed by atoms with Crippen molar-refractivity contribution in [3.8, 4) is 0 Å². The number of anilines is 1. The summed E-state index contributed by atoms with van der Waals surface area (Å²) in [5.74, 6) is 2.98. The lowest BCUT2D eigenvalue weighted by atomic mass is 10.1. The van der Waals surface area contributed by atoms with Crippen LogP contribution < -0.4 is 4.90 Å². The first kappa shape index (κ1) is 15.1. The van der Waals surface area contributed by atoms with Crippen molar-refractivity contribution in [1.29, 1.82) is 0 Å². The van der Waals surface area contributed by atoms with Crippen LogP contribution in [0.15, 0.2) is 24.3 Å². The van der Waals surface area contributed by atoms with Crippen LogP contribution in [0.3, 0.4) is 0 Å². The van der Waals surface area contributed by atoms with Gasteiger partial charge in [-0.2, -0.15) is 0 Å². The smallest absolute Gasteiger partial charge is 0.244 e. The van der Waals surface area contributed by atoms with E-state index in [2.05, 4.69) is 31.8 Å². The molecule has 5 rings (SSSR count). The highest BCUT2D eigenvalue weighted by Gasteiger charge is 2.35. The van der Waals surface area contributed by atoms with Gasteiger partial charge >= 0.3 is 0 Å². The zero-order valence-electron chi connectivity index (χ0n) is 14.6. The number of rotatable bonds is 3. The van der Waals surface area contributed by atoms with Gasteiger partial charge in [0.25, 0.3) is 0 Å². The number of para-hydroxylation sites is 1. The molecule has 1 aromatic heterocycles. The van der Waals surface area contributed by atoms with Gasteiger partial charge in [-0.3, -0.25) is 9.69 Å². The highest BCUT2D eigenvalue weighted by molar-refractivity contribution is 5.98. The molecule has 3 heterocycles. The topological polar surface area (TPSA) is 54.3 Å². The van der Waals surface area contributed by atoms with Crippen LogP contribution in [-0.4, -0.2) is 44.7 Å². The summed E-state index contributed by atoms with van der Waals surface area (Å²) in [6.45, 7) is 5.30. The van der Waals surface area contributed by atoms with Gasteiger partial charge < -0.3 is 9.47 Å².